The van der Waals surface area contributed by atoms with Gasteiger partial charge in [0, 0.05) is 0 Å². The van der Waals surface area contributed by atoms with Crippen LogP contribution < -0.4 is 0 Å². The van der Waals surface area contributed by atoms with Gasteiger partial charge in [0.05, 0.1) is 0 Å². The lowest BCUT2D eigenvalue weighted by atomic mass is 10.1. The molecule has 0 amide bonds. The lowest BCUT2D eigenvalue weighted by Crippen LogP contribution is -2.06. The summed E-state index contributed by atoms with van der Waals surface area (Å²) >= 11 is 0. The molecule has 1 spiro atoms. The Morgan fingerprint density at radius 1 is 0.652 bits per heavy atom. The number of hydrogen-bond acceptors (Lipinski definition) is 6. The minimum absolute atomic E-state index is 0.619. The normalized spacial score (nSPS) is 29.6. The largest absolute Gasteiger partial charge is 0.677 e. The maximum atomic E-state index is 12.1. The van der Waals surface area contributed by atoms with E-state index in [4.69, 9.17) is 18.1 Å². The van der Waals surface area contributed by atoms with E-state index in [1.807, 2.05) is 12.1 Å². The van der Waals surface area contributed by atoms with Gasteiger partial charge in [-0.3, -0.25) is 0 Å². The highest BCUT2D eigenvalue weighted by atomic mass is 31.2. The first-order valence-corrected chi connectivity index (χ1v) is 8.45. The summed E-state index contributed by atoms with van der Waals surface area (Å²) in [5.74, 6) is -1.24. The molecule has 2 fully saturated rings. The van der Waals surface area contributed by atoms with Gasteiger partial charge in [0.1, 0.15) is 0 Å². The average molecular weight is 331 g/mol. The molecule has 2 aromatic carbocycles. The molecule has 2 heterocycles. The standard InChI is InChI=1S/C16H12O6P/c17-15-13(11-7-3-1-4-8-11)19-23(21-15)20-14(16(18)22-23)12-9-5-2-6-10-12/h1-10,13-14H/q+1. The van der Waals surface area contributed by atoms with Crippen LogP contribution in [0.15, 0.2) is 60.7 Å². The van der Waals surface area contributed by atoms with Crippen LogP contribution in [0.5, 0.6) is 0 Å². The summed E-state index contributed by atoms with van der Waals surface area (Å²) in [6, 6.07) is 17.7. The van der Waals surface area contributed by atoms with Crippen LogP contribution in [-0.2, 0) is 27.7 Å². The van der Waals surface area contributed by atoms with E-state index in [1.54, 1.807) is 48.5 Å². The second-order valence-corrected chi connectivity index (χ2v) is 6.74. The van der Waals surface area contributed by atoms with E-state index in [1.165, 1.54) is 0 Å². The molecule has 0 aromatic heterocycles. The summed E-state index contributed by atoms with van der Waals surface area (Å²) in [7, 11) is -3.45. The fraction of sp³-hybridized carbons (Fsp3) is 0.125. The Hall–Kier alpha value is -2.27. The van der Waals surface area contributed by atoms with Crippen molar-refractivity contribution >= 4 is 20.1 Å². The molecule has 2 saturated heterocycles. The third-order valence-corrected chi connectivity index (χ3v) is 5.25. The fourth-order valence-corrected chi connectivity index (χ4v) is 4.26. The van der Waals surface area contributed by atoms with Gasteiger partial charge >= 0.3 is 20.1 Å². The molecule has 23 heavy (non-hydrogen) atoms. The molecule has 4 rings (SSSR count). The summed E-state index contributed by atoms with van der Waals surface area (Å²) in [5.41, 5.74) is 1.24. The van der Waals surface area contributed by atoms with Crippen LogP contribution in [0.1, 0.15) is 23.3 Å². The molecule has 2 aliphatic rings. The quantitative estimate of drug-likeness (QED) is 0.787. The van der Waals surface area contributed by atoms with Gasteiger partial charge in [-0.1, -0.05) is 60.7 Å². The highest BCUT2D eigenvalue weighted by Gasteiger charge is 2.73. The third kappa shape index (κ3) is 2.51. The minimum Gasteiger partial charge on any atom is -0.243 e. The van der Waals surface area contributed by atoms with Crippen molar-refractivity contribution in [1.82, 2.24) is 0 Å². The number of hydrogen-bond donors (Lipinski definition) is 0. The minimum atomic E-state index is -3.45. The van der Waals surface area contributed by atoms with E-state index in [-0.39, 0.29) is 0 Å². The lowest BCUT2D eigenvalue weighted by molar-refractivity contribution is -0.136. The van der Waals surface area contributed by atoms with Crippen LogP contribution in [0.25, 0.3) is 0 Å². The van der Waals surface area contributed by atoms with Crippen molar-refractivity contribution in [3.05, 3.63) is 71.8 Å². The van der Waals surface area contributed by atoms with Crippen molar-refractivity contribution < 1.29 is 27.7 Å². The Kier molecular flexibility index (Phi) is 3.38. The van der Waals surface area contributed by atoms with Crippen molar-refractivity contribution in [3.8, 4) is 0 Å². The number of carbonyl (C=O) groups excluding carboxylic acids is 2. The molecule has 2 unspecified atom stereocenters. The highest BCUT2D eigenvalue weighted by Crippen LogP contribution is 2.75. The Bertz CT molecular complexity index is 682. The second-order valence-electron chi connectivity index (χ2n) is 5.06. The van der Waals surface area contributed by atoms with Gasteiger partial charge in [-0.05, 0) is 11.1 Å². The molecule has 0 saturated carbocycles. The molecule has 0 radical (unpaired) electrons. The highest BCUT2D eigenvalue weighted by molar-refractivity contribution is 7.58. The van der Waals surface area contributed by atoms with Crippen molar-refractivity contribution in [2.24, 2.45) is 0 Å². The maximum Gasteiger partial charge on any atom is 0.677 e. The van der Waals surface area contributed by atoms with Crippen LogP contribution in [-0.4, -0.2) is 11.9 Å². The molecule has 6 nitrogen and oxygen atoms in total. The zero-order chi connectivity index (χ0) is 15.9. The van der Waals surface area contributed by atoms with E-state index in [0.717, 1.165) is 0 Å². The first kappa shape index (κ1) is 14.3. The van der Waals surface area contributed by atoms with E-state index in [9.17, 15) is 9.59 Å². The van der Waals surface area contributed by atoms with E-state index >= 15 is 0 Å². The smallest absolute Gasteiger partial charge is 0.243 e. The van der Waals surface area contributed by atoms with E-state index in [2.05, 4.69) is 0 Å². The van der Waals surface area contributed by atoms with Gasteiger partial charge in [-0.2, -0.15) is 0 Å². The summed E-state index contributed by atoms with van der Waals surface area (Å²) in [6.45, 7) is 0. The number of benzene rings is 2. The maximum absolute atomic E-state index is 12.1. The monoisotopic (exact) mass is 331 g/mol. The van der Waals surface area contributed by atoms with Crippen LogP contribution in [0.2, 0.25) is 0 Å². The number of rotatable bonds is 2. The van der Waals surface area contributed by atoms with Crippen LogP contribution in [0.4, 0.5) is 0 Å². The van der Waals surface area contributed by atoms with Gasteiger partial charge < -0.3 is 0 Å². The molecule has 116 valence electrons. The predicted molar refractivity (Wildman–Crippen MR) is 79.6 cm³/mol. The first-order valence-electron chi connectivity index (χ1n) is 6.99. The summed E-state index contributed by atoms with van der Waals surface area (Å²) in [5, 5.41) is 0. The van der Waals surface area contributed by atoms with E-state index < -0.39 is 32.3 Å². The fourth-order valence-electron chi connectivity index (χ4n) is 2.44. The Labute approximate surface area is 132 Å². The molecule has 0 bridgehead atoms. The topological polar surface area (TPSA) is 71.1 Å². The van der Waals surface area contributed by atoms with Crippen LogP contribution in [0.3, 0.4) is 0 Å². The Morgan fingerprint density at radius 2 is 1.04 bits per heavy atom. The molecule has 2 atom stereocenters. The zero-order valence-corrected chi connectivity index (χ0v) is 12.7. The van der Waals surface area contributed by atoms with Gasteiger partial charge in [-0.15, -0.1) is 9.05 Å². The van der Waals surface area contributed by atoms with Crippen molar-refractivity contribution in [2.75, 3.05) is 0 Å². The molecular weight excluding hydrogens is 319 g/mol. The molecule has 2 aliphatic heterocycles. The van der Waals surface area contributed by atoms with Crippen molar-refractivity contribution in [1.29, 1.82) is 0 Å². The molecule has 0 aliphatic carbocycles. The van der Waals surface area contributed by atoms with Gasteiger partial charge in [0.2, 0.25) is 12.2 Å². The Morgan fingerprint density at radius 3 is 1.43 bits per heavy atom. The molecule has 7 heteroatoms. The summed E-state index contributed by atoms with van der Waals surface area (Å²) < 4.78 is 21.6. The van der Waals surface area contributed by atoms with Gasteiger partial charge in [-0.25, -0.2) is 18.6 Å². The third-order valence-electron chi connectivity index (χ3n) is 3.51. The summed E-state index contributed by atoms with van der Waals surface area (Å²) in [6.07, 6.45) is -1.90. The van der Waals surface area contributed by atoms with Crippen LogP contribution >= 0.6 is 8.17 Å². The molecule has 0 N–H and O–H groups in total. The van der Waals surface area contributed by atoms with Crippen LogP contribution in [0, 0.1) is 0 Å². The Balaban J connectivity index is 1.59. The second kappa shape index (κ2) is 5.42. The molecular formula is C16H12O6P+. The van der Waals surface area contributed by atoms with E-state index in [0.29, 0.717) is 11.1 Å². The summed E-state index contributed by atoms with van der Waals surface area (Å²) in [4.78, 5) is 24.2. The van der Waals surface area contributed by atoms with Crippen molar-refractivity contribution in [2.45, 2.75) is 12.2 Å². The molecule has 2 aromatic rings. The number of carbonyl (C=O) groups is 2. The lowest BCUT2D eigenvalue weighted by Gasteiger charge is -2.05. The van der Waals surface area contributed by atoms with Crippen molar-refractivity contribution in [3.63, 3.8) is 0 Å². The average Bonchev–Trinajstić information content (AvgIpc) is 3.07. The zero-order valence-electron chi connectivity index (χ0n) is 11.8. The SMILES string of the molecule is O=C1O[P+]2(OC(=O)C(c3ccccc3)O2)OC1c1ccccc1. The first-order chi connectivity index (χ1) is 11.2. The predicted octanol–water partition coefficient (Wildman–Crippen LogP) is 3.29. The van der Waals surface area contributed by atoms with Gasteiger partial charge in [0.25, 0.3) is 0 Å². The van der Waals surface area contributed by atoms with Gasteiger partial charge in [0.15, 0.2) is 0 Å².